The van der Waals surface area contributed by atoms with E-state index in [-0.39, 0.29) is 0 Å². The van der Waals surface area contributed by atoms with E-state index < -0.39 is 0 Å². The van der Waals surface area contributed by atoms with Gasteiger partial charge in [0.25, 0.3) is 0 Å². The third-order valence-electron chi connectivity index (χ3n) is 4.07. The number of nitrogens with zero attached hydrogens (tertiary/aromatic N) is 1. The first-order chi connectivity index (χ1) is 9.74. The zero-order valence-corrected chi connectivity index (χ0v) is 12.3. The van der Waals surface area contributed by atoms with E-state index in [1.54, 1.807) is 0 Å². The fourth-order valence-corrected chi connectivity index (χ4v) is 2.88. The van der Waals surface area contributed by atoms with Gasteiger partial charge in [-0.05, 0) is 36.6 Å². The Morgan fingerprint density at radius 3 is 2.80 bits per heavy atom. The topological polar surface area (TPSA) is 15.3 Å². The molecule has 104 valence electrons. The number of nitrogens with one attached hydrogen (secondary N) is 1. The lowest BCUT2D eigenvalue weighted by Gasteiger charge is -2.25. The van der Waals surface area contributed by atoms with E-state index in [4.69, 9.17) is 0 Å². The van der Waals surface area contributed by atoms with Gasteiger partial charge in [-0.1, -0.05) is 42.0 Å². The summed E-state index contributed by atoms with van der Waals surface area (Å²) in [7, 11) is 0. The van der Waals surface area contributed by atoms with Crippen LogP contribution in [-0.4, -0.2) is 13.1 Å². The molecule has 0 fully saturated rings. The summed E-state index contributed by atoms with van der Waals surface area (Å²) in [5, 5.41) is 3.52. The fraction of sp³-hybridized carbons (Fsp3) is 0.333. The van der Waals surface area contributed by atoms with E-state index in [2.05, 4.69) is 66.5 Å². The summed E-state index contributed by atoms with van der Waals surface area (Å²) in [5.41, 5.74) is 6.92. The van der Waals surface area contributed by atoms with E-state index in [0.29, 0.717) is 0 Å². The SMILES string of the molecule is Cc1ccc2c(c1)CNCCN2Cc1ccccc1C. The summed E-state index contributed by atoms with van der Waals surface area (Å²) in [4.78, 5) is 2.50. The van der Waals surface area contributed by atoms with Crippen LogP contribution in [0.2, 0.25) is 0 Å². The van der Waals surface area contributed by atoms with Crippen molar-refractivity contribution >= 4 is 5.69 Å². The van der Waals surface area contributed by atoms with Gasteiger partial charge < -0.3 is 10.2 Å². The number of aryl methyl sites for hydroxylation is 2. The van der Waals surface area contributed by atoms with Crippen LogP contribution in [-0.2, 0) is 13.1 Å². The van der Waals surface area contributed by atoms with E-state index in [1.165, 1.54) is 27.9 Å². The molecule has 2 aromatic carbocycles. The third kappa shape index (κ3) is 2.70. The molecule has 2 nitrogen and oxygen atoms in total. The normalized spacial score (nSPS) is 14.8. The molecular formula is C18H22N2. The molecule has 0 saturated heterocycles. The minimum absolute atomic E-state index is 0.973. The highest BCUT2D eigenvalue weighted by Crippen LogP contribution is 2.25. The quantitative estimate of drug-likeness (QED) is 0.896. The Morgan fingerprint density at radius 2 is 1.95 bits per heavy atom. The Kier molecular flexibility index (Phi) is 3.75. The highest BCUT2D eigenvalue weighted by atomic mass is 15.2. The molecule has 2 heteroatoms. The van der Waals surface area contributed by atoms with Crippen LogP contribution in [0.25, 0.3) is 0 Å². The van der Waals surface area contributed by atoms with Crippen molar-refractivity contribution in [2.24, 2.45) is 0 Å². The molecular weight excluding hydrogens is 244 g/mol. The molecule has 0 saturated carbocycles. The molecule has 0 unspecified atom stereocenters. The van der Waals surface area contributed by atoms with Crippen LogP contribution in [0.15, 0.2) is 42.5 Å². The molecule has 0 radical (unpaired) electrons. The summed E-state index contributed by atoms with van der Waals surface area (Å²) in [6.45, 7) is 8.42. The fourth-order valence-electron chi connectivity index (χ4n) is 2.88. The minimum atomic E-state index is 0.973. The number of rotatable bonds is 2. The predicted octanol–water partition coefficient (Wildman–Crippen LogP) is 3.41. The highest BCUT2D eigenvalue weighted by molar-refractivity contribution is 5.56. The van der Waals surface area contributed by atoms with Crippen molar-refractivity contribution in [3.63, 3.8) is 0 Å². The first-order valence-corrected chi connectivity index (χ1v) is 7.34. The average molecular weight is 266 g/mol. The number of anilines is 1. The molecule has 0 atom stereocenters. The predicted molar refractivity (Wildman–Crippen MR) is 85.1 cm³/mol. The largest absolute Gasteiger partial charge is 0.366 e. The van der Waals surface area contributed by atoms with Gasteiger partial charge in [0.2, 0.25) is 0 Å². The van der Waals surface area contributed by atoms with Crippen LogP contribution < -0.4 is 10.2 Å². The molecule has 1 N–H and O–H groups in total. The van der Waals surface area contributed by atoms with Crippen LogP contribution in [0.5, 0.6) is 0 Å². The van der Waals surface area contributed by atoms with Crippen LogP contribution in [0.1, 0.15) is 22.3 Å². The number of benzene rings is 2. The van der Waals surface area contributed by atoms with Crippen LogP contribution in [0.4, 0.5) is 5.69 Å². The van der Waals surface area contributed by atoms with Crippen LogP contribution >= 0.6 is 0 Å². The van der Waals surface area contributed by atoms with E-state index in [9.17, 15) is 0 Å². The van der Waals surface area contributed by atoms with Gasteiger partial charge in [0.05, 0.1) is 0 Å². The van der Waals surface area contributed by atoms with Crippen molar-refractivity contribution in [1.82, 2.24) is 5.32 Å². The second kappa shape index (κ2) is 5.68. The van der Waals surface area contributed by atoms with Gasteiger partial charge >= 0.3 is 0 Å². The first kappa shape index (κ1) is 13.2. The number of hydrogen-bond donors (Lipinski definition) is 1. The smallest absolute Gasteiger partial charge is 0.0432 e. The van der Waals surface area contributed by atoms with Crippen molar-refractivity contribution in [1.29, 1.82) is 0 Å². The minimum Gasteiger partial charge on any atom is -0.366 e. The van der Waals surface area contributed by atoms with Crippen molar-refractivity contribution in [2.75, 3.05) is 18.0 Å². The Hall–Kier alpha value is -1.80. The molecule has 0 bridgehead atoms. The van der Waals surface area contributed by atoms with E-state index in [1.807, 2.05) is 0 Å². The monoisotopic (exact) mass is 266 g/mol. The van der Waals surface area contributed by atoms with Gasteiger partial charge in [-0.15, -0.1) is 0 Å². The molecule has 20 heavy (non-hydrogen) atoms. The standard InChI is InChI=1S/C18H22N2/c1-14-7-8-18-17(11-14)12-19-9-10-20(18)13-16-6-4-3-5-15(16)2/h3-8,11,19H,9-10,12-13H2,1-2H3. The highest BCUT2D eigenvalue weighted by Gasteiger charge is 2.15. The molecule has 1 aliphatic heterocycles. The number of hydrogen-bond acceptors (Lipinski definition) is 2. The van der Waals surface area contributed by atoms with Gasteiger partial charge in [-0.25, -0.2) is 0 Å². The Bertz CT molecular complexity index is 604. The van der Waals surface area contributed by atoms with Crippen molar-refractivity contribution in [3.8, 4) is 0 Å². The van der Waals surface area contributed by atoms with E-state index >= 15 is 0 Å². The Morgan fingerprint density at radius 1 is 1.10 bits per heavy atom. The van der Waals surface area contributed by atoms with E-state index in [0.717, 1.165) is 26.2 Å². The molecule has 1 heterocycles. The lowest BCUT2D eigenvalue weighted by atomic mass is 10.1. The van der Waals surface area contributed by atoms with Crippen molar-refractivity contribution in [3.05, 3.63) is 64.7 Å². The first-order valence-electron chi connectivity index (χ1n) is 7.34. The summed E-state index contributed by atoms with van der Waals surface area (Å²) in [6, 6.07) is 15.5. The van der Waals surface area contributed by atoms with Crippen molar-refractivity contribution in [2.45, 2.75) is 26.9 Å². The van der Waals surface area contributed by atoms with Crippen LogP contribution in [0, 0.1) is 13.8 Å². The maximum atomic E-state index is 3.52. The lowest BCUT2D eigenvalue weighted by Crippen LogP contribution is -2.28. The van der Waals surface area contributed by atoms with Crippen molar-refractivity contribution < 1.29 is 0 Å². The molecule has 0 aliphatic carbocycles. The molecule has 0 spiro atoms. The zero-order valence-electron chi connectivity index (χ0n) is 12.3. The van der Waals surface area contributed by atoms with Gasteiger partial charge in [0.15, 0.2) is 0 Å². The average Bonchev–Trinajstić information content (AvgIpc) is 2.63. The lowest BCUT2D eigenvalue weighted by molar-refractivity contribution is 0.687. The molecule has 1 aliphatic rings. The Labute approximate surface area is 121 Å². The second-order valence-corrected chi connectivity index (χ2v) is 5.66. The molecule has 3 rings (SSSR count). The van der Waals surface area contributed by atoms with Gasteiger partial charge in [-0.2, -0.15) is 0 Å². The van der Waals surface area contributed by atoms with Crippen LogP contribution in [0.3, 0.4) is 0 Å². The zero-order chi connectivity index (χ0) is 13.9. The summed E-state index contributed by atoms with van der Waals surface area (Å²) < 4.78 is 0. The second-order valence-electron chi connectivity index (χ2n) is 5.66. The molecule has 0 amide bonds. The summed E-state index contributed by atoms with van der Waals surface area (Å²) in [5.74, 6) is 0. The third-order valence-corrected chi connectivity index (χ3v) is 4.07. The summed E-state index contributed by atoms with van der Waals surface area (Å²) in [6.07, 6.45) is 0. The molecule has 2 aromatic rings. The van der Waals surface area contributed by atoms with Gasteiger partial charge in [0, 0.05) is 31.9 Å². The summed E-state index contributed by atoms with van der Waals surface area (Å²) >= 11 is 0. The molecule has 0 aromatic heterocycles. The van der Waals surface area contributed by atoms with Gasteiger partial charge in [-0.3, -0.25) is 0 Å². The Balaban J connectivity index is 1.92. The maximum Gasteiger partial charge on any atom is 0.0432 e. The number of fused-ring (bicyclic) bond motifs is 1. The maximum absolute atomic E-state index is 3.52. The van der Waals surface area contributed by atoms with Gasteiger partial charge in [0.1, 0.15) is 0 Å².